The van der Waals surface area contributed by atoms with Crippen molar-refractivity contribution in [1.82, 2.24) is 4.98 Å². The number of aliphatic hydroxyl groups excluding tert-OH is 2. The second-order valence-corrected chi connectivity index (χ2v) is 1.73. The van der Waals surface area contributed by atoms with Gasteiger partial charge in [-0.3, -0.25) is 4.98 Å². The van der Waals surface area contributed by atoms with E-state index in [1.54, 1.807) is 24.5 Å². The fourth-order valence-corrected chi connectivity index (χ4v) is 0.376. The van der Waals surface area contributed by atoms with Gasteiger partial charge in [-0.05, 0) is 12.1 Å². The van der Waals surface area contributed by atoms with Crippen LogP contribution < -0.4 is 5.73 Å². The van der Waals surface area contributed by atoms with Crippen LogP contribution >= 0.6 is 0 Å². The van der Waals surface area contributed by atoms with Crippen molar-refractivity contribution in [2.45, 2.75) is 0 Å². The maximum absolute atomic E-state index is 7.62. The highest BCUT2D eigenvalue weighted by molar-refractivity contribution is 5.32. The number of nitrogens with two attached hydrogens (primary N) is 1. The van der Waals surface area contributed by atoms with Crippen LogP contribution in [0.2, 0.25) is 0 Å². The molecule has 1 rings (SSSR count). The zero-order valence-electron chi connectivity index (χ0n) is 6.14. The summed E-state index contributed by atoms with van der Waals surface area (Å²) in [5.41, 5.74) is 6.01. The van der Waals surface area contributed by atoms with Gasteiger partial charge in [-0.15, -0.1) is 0 Å². The Hall–Kier alpha value is -1.13. The SMILES string of the molecule is Nc1cccnc1.OCCO. The Morgan fingerprint density at radius 3 is 2.18 bits per heavy atom. The zero-order valence-corrected chi connectivity index (χ0v) is 6.14. The molecule has 0 aliphatic heterocycles. The summed E-state index contributed by atoms with van der Waals surface area (Å²) in [7, 11) is 0. The van der Waals surface area contributed by atoms with Gasteiger partial charge in [-0.2, -0.15) is 0 Å². The van der Waals surface area contributed by atoms with Crippen LogP contribution in [0.25, 0.3) is 0 Å². The molecule has 11 heavy (non-hydrogen) atoms. The minimum absolute atomic E-state index is 0.125. The number of aromatic nitrogens is 1. The third kappa shape index (κ3) is 6.76. The highest BCUT2D eigenvalue weighted by Gasteiger charge is 1.73. The van der Waals surface area contributed by atoms with E-state index in [4.69, 9.17) is 15.9 Å². The molecule has 4 nitrogen and oxygen atoms in total. The van der Waals surface area contributed by atoms with E-state index in [0.29, 0.717) is 5.69 Å². The molecule has 0 atom stereocenters. The standard InChI is InChI=1S/C5H6N2.C2H6O2/c6-5-2-1-3-7-4-5;3-1-2-4/h1-4H,6H2;3-4H,1-2H2. The molecule has 0 aliphatic carbocycles. The fraction of sp³-hybridized carbons (Fsp3) is 0.286. The number of hydrogen-bond donors (Lipinski definition) is 3. The molecule has 0 spiro atoms. The summed E-state index contributed by atoms with van der Waals surface area (Å²) in [6.07, 6.45) is 3.30. The van der Waals surface area contributed by atoms with Crippen LogP contribution in [0.1, 0.15) is 0 Å². The van der Waals surface area contributed by atoms with E-state index in [1.807, 2.05) is 0 Å². The molecule has 62 valence electrons. The Morgan fingerprint density at radius 1 is 1.36 bits per heavy atom. The largest absolute Gasteiger partial charge is 0.397 e. The number of anilines is 1. The highest BCUT2D eigenvalue weighted by atomic mass is 16.3. The van der Waals surface area contributed by atoms with Crippen LogP contribution in [-0.4, -0.2) is 28.4 Å². The fourth-order valence-electron chi connectivity index (χ4n) is 0.376. The van der Waals surface area contributed by atoms with Crippen molar-refractivity contribution >= 4 is 5.69 Å². The van der Waals surface area contributed by atoms with E-state index >= 15 is 0 Å². The van der Waals surface area contributed by atoms with Gasteiger partial charge in [0.2, 0.25) is 0 Å². The predicted octanol–water partition coefficient (Wildman–Crippen LogP) is -0.365. The van der Waals surface area contributed by atoms with Crippen LogP contribution in [0.5, 0.6) is 0 Å². The maximum atomic E-state index is 7.62. The van der Waals surface area contributed by atoms with E-state index in [9.17, 15) is 0 Å². The molecule has 0 radical (unpaired) electrons. The van der Waals surface area contributed by atoms with Crippen molar-refractivity contribution in [2.75, 3.05) is 18.9 Å². The van der Waals surface area contributed by atoms with Gasteiger partial charge in [0.15, 0.2) is 0 Å². The molecule has 1 aromatic rings. The van der Waals surface area contributed by atoms with Crippen LogP contribution in [0.15, 0.2) is 24.5 Å². The molecule has 0 fully saturated rings. The van der Waals surface area contributed by atoms with E-state index in [2.05, 4.69) is 4.98 Å². The average molecular weight is 156 g/mol. The molecular formula is C7H12N2O2. The number of aliphatic hydroxyl groups is 2. The van der Waals surface area contributed by atoms with Gasteiger partial charge in [0, 0.05) is 12.4 Å². The average Bonchev–Trinajstić information content (AvgIpc) is 2.07. The lowest BCUT2D eigenvalue weighted by Crippen LogP contribution is -1.85. The smallest absolute Gasteiger partial charge is 0.0662 e. The van der Waals surface area contributed by atoms with E-state index in [1.165, 1.54) is 0 Å². The molecule has 4 heteroatoms. The molecule has 1 aromatic heterocycles. The second kappa shape index (κ2) is 6.98. The Kier molecular flexibility index (Phi) is 6.27. The first-order valence-electron chi connectivity index (χ1n) is 3.18. The van der Waals surface area contributed by atoms with Crippen LogP contribution in [0, 0.1) is 0 Å². The highest BCUT2D eigenvalue weighted by Crippen LogP contribution is 1.92. The van der Waals surface area contributed by atoms with E-state index in [0.717, 1.165) is 0 Å². The van der Waals surface area contributed by atoms with Gasteiger partial charge < -0.3 is 15.9 Å². The lowest BCUT2D eigenvalue weighted by molar-refractivity contribution is 0.186. The van der Waals surface area contributed by atoms with Crippen molar-refractivity contribution < 1.29 is 10.2 Å². The van der Waals surface area contributed by atoms with Gasteiger partial charge in [0.25, 0.3) is 0 Å². The first kappa shape index (κ1) is 9.87. The summed E-state index contributed by atoms with van der Waals surface area (Å²) in [4.78, 5) is 3.76. The van der Waals surface area contributed by atoms with E-state index < -0.39 is 0 Å². The van der Waals surface area contributed by atoms with Gasteiger partial charge in [-0.25, -0.2) is 0 Å². The molecule has 0 amide bonds. The number of pyridine rings is 1. The molecule has 4 N–H and O–H groups in total. The lowest BCUT2D eigenvalue weighted by atomic mass is 10.4. The molecule has 1 heterocycles. The number of nitrogen functional groups attached to an aromatic ring is 1. The summed E-state index contributed by atoms with van der Waals surface area (Å²) in [6.45, 7) is -0.250. The minimum atomic E-state index is -0.125. The van der Waals surface area contributed by atoms with Gasteiger partial charge in [-0.1, -0.05) is 0 Å². The first-order chi connectivity index (χ1) is 5.31. The molecular weight excluding hydrogens is 144 g/mol. The molecule has 0 aliphatic rings. The Bertz CT molecular complexity index is 165. The quantitative estimate of drug-likeness (QED) is 0.518. The van der Waals surface area contributed by atoms with Crippen molar-refractivity contribution in [3.8, 4) is 0 Å². The summed E-state index contributed by atoms with van der Waals surface area (Å²) in [5, 5.41) is 15.2. The van der Waals surface area contributed by atoms with Crippen molar-refractivity contribution in [3.05, 3.63) is 24.5 Å². The summed E-state index contributed by atoms with van der Waals surface area (Å²) in [6, 6.07) is 3.60. The third-order valence-electron chi connectivity index (χ3n) is 0.784. The Morgan fingerprint density at radius 2 is 2.00 bits per heavy atom. The minimum Gasteiger partial charge on any atom is -0.397 e. The topological polar surface area (TPSA) is 79.4 Å². The third-order valence-corrected chi connectivity index (χ3v) is 0.784. The first-order valence-corrected chi connectivity index (χ1v) is 3.18. The predicted molar refractivity (Wildman–Crippen MR) is 42.8 cm³/mol. The molecule has 0 saturated carbocycles. The summed E-state index contributed by atoms with van der Waals surface area (Å²) < 4.78 is 0. The van der Waals surface area contributed by atoms with Crippen LogP contribution in [0.4, 0.5) is 5.69 Å². The molecule has 0 saturated heterocycles. The monoisotopic (exact) mass is 156 g/mol. The maximum Gasteiger partial charge on any atom is 0.0662 e. The second-order valence-electron chi connectivity index (χ2n) is 1.73. The molecule has 0 aromatic carbocycles. The Labute approximate surface area is 65.3 Å². The van der Waals surface area contributed by atoms with Crippen LogP contribution in [0.3, 0.4) is 0 Å². The van der Waals surface area contributed by atoms with Crippen molar-refractivity contribution in [2.24, 2.45) is 0 Å². The summed E-state index contributed by atoms with van der Waals surface area (Å²) >= 11 is 0. The van der Waals surface area contributed by atoms with Crippen molar-refractivity contribution in [3.63, 3.8) is 0 Å². The molecule has 0 unspecified atom stereocenters. The van der Waals surface area contributed by atoms with Crippen molar-refractivity contribution in [1.29, 1.82) is 0 Å². The van der Waals surface area contributed by atoms with Crippen LogP contribution in [-0.2, 0) is 0 Å². The van der Waals surface area contributed by atoms with Gasteiger partial charge in [0.05, 0.1) is 18.9 Å². The number of hydrogen-bond acceptors (Lipinski definition) is 4. The Balaban J connectivity index is 0.000000218. The summed E-state index contributed by atoms with van der Waals surface area (Å²) in [5.74, 6) is 0. The lowest BCUT2D eigenvalue weighted by Gasteiger charge is -1.83. The number of nitrogens with zero attached hydrogens (tertiary/aromatic N) is 1. The van der Waals surface area contributed by atoms with Gasteiger partial charge >= 0.3 is 0 Å². The van der Waals surface area contributed by atoms with Gasteiger partial charge in [0.1, 0.15) is 0 Å². The normalized spacial score (nSPS) is 8.18. The number of rotatable bonds is 1. The van der Waals surface area contributed by atoms with E-state index in [-0.39, 0.29) is 13.2 Å². The zero-order chi connectivity index (χ0) is 8.53. The molecule has 0 bridgehead atoms.